The largest absolute Gasteiger partial charge is 0.357 e. The third kappa shape index (κ3) is 5.84. The summed E-state index contributed by atoms with van der Waals surface area (Å²) < 4.78 is 23.7. The Labute approximate surface area is 169 Å². The summed E-state index contributed by atoms with van der Waals surface area (Å²) in [7, 11) is -3.14. The molecule has 0 amide bonds. The monoisotopic (exact) mass is 479 g/mol. The molecule has 0 bridgehead atoms. The van der Waals surface area contributed by atoms with Gasteiger partial charge in [-0.1, -0.05) is 24.3 Å². The zero-order valence-electron chi connectivity index (χ0n) is 15.6. The van der Waals surface area contributed by atoms with Crippen LogP contribution in [0.5, 0.6) is 0 Å². The highest BCUT2D eigenvalue weighted by Gasteiger charge is 2.28. The molecule has 0 spiro atoms. The van der Waals surface area contributed by atoms with Crippen molar-refractivity contribution in [3.8, 4) is 0 Å². The molecular formula is C18H30IN3O2S. The molecule has 1 N–H and O–H groups in total. The fourth-order valence-corrected chi connectivity index (χ4v) is 3.62. The summed E-state index contributed by atoms with van der Waals surface area (Å²) in [5.41, 5.74) is 2.71. The fraction of sp³-hybridized carbons (Fsp3) is 0.611. The third-order valence-electron chi connectivity index (χ3n) is 4.32. The average Bonchev–Trinajstić information content (AvgIpc) is 2.52. The topological polar surface area (TPSA) is 61.8 Å². The van der Waals surface area contributed by atoms with Crippen molar-refractivity contribution in [1.29, 1.82) is 0 Å². The van der Waals surface area contributed by atoms with E-state index in [2.05, 4.69) is 39.5 Å². The Morgan fingerprint density at radius 2 is 1.88 bits per heavy atom. The van der Waals surface area contributed by atoms with Crippen LogP contribution in [0.4, 0.5) is 0 Å². The lowest BCUT2D eigenvalue weighted by Crippen LogP contribution is -2.44. The molecule has 1 aromatic carbocycles. The Balaban J connectivity index is 0.00000312. The second kappa shape index (κ2) is 9.21. The maximum atomic E-state index is 12.2. The van der Waals surface area contributed by atoms with Crippen molar-refractivity contribution in [3.05, 3.63) is 35.4 Å². The molecule has 0 aliphatic carbocycles. The zero-order valence-corrected chi connectivity index (χ0v) is 18.7. The Morgan fingerprint density at radius 1 is 1.24 bits per heavy atom. The maximum Gasteiger partial charge on any atom is 0.194 e. The number of halogens is 1. The lowest BCUT2D eigenvalue weighted by Gasteiger charge is -2.31. The van der Waals surface area contributed by atoms with Crippen molar-refractivity contribution in [2.45, 2.75) is 45.4 Å². The van der Waals surface area contributed by atoms with Crippen LogP contribution in [0.25, 0.3) is 0 Å². The number of hydrogen-bond acceptors (Lipinski definition) is 3. The van der Waals surface area contributed by atoms with E-state index in [0.717, 1.165) is 32.0 Å². The van der Waals surface area contributed by atoms with Crippen LogP contribution in [-0.4, -0.2) is 49.4 Å². The minimum absolute atomic E-state index is 0. The van der Waals surface area contributed by atoms with E-state index in [1.807, 2.05) is 6.92 Å². The predicted molar refractivity (Wildman–Crippen MR) is 115 cm³/mol. The number of aliphatic imine (C=N–C) groups is 1. The van der Waals surface area contributed by atoms with E-state index in [4.69, 9.17) is 0 Å². The number of benzene rings is 1. The molecule has 1 aliphatic rings. The standard InChI is InChI=1S/C18H29N3O2S.HI/c1-5-19-17(20-11-13-24(22,23)18(2,3)4)21-12-10-15-8-6-7-9-16(15)14-21;/h6-9H,5,10-14H2,1-4H3,(H,19,20);1H. The van der Waals surface area contributed by atoms with Gasteiger partial charge in [-0.2, -0.15) is 0 Å². The van der Waals surface area contributed by atoms with Gasteiger partial charge < -0.3 is 10.2 Å². The Bertz CT molecular complexity index is 697. The second-order valence-corrected chi connectivity index (χ2v) is 9.97. The molecular weight excluding hydrogens is 449 g/mol. The van der Waals surface area contributed by atoms with Crippen molar-refractivity contribution in [3.63, 3.8) is 0 Å². The van der Waals surface area contributed by atoms with Crippen molar-refractivity contribution < 1.29 is 8.42 Å². The molecule has 0 atom stereocenters. The smallest absolute Gasteiger partial charge is 0.194 e. The molecule has 2 rings (SSSR count). The van der Waals surface area contributed by atoms with Crippen LogP contribution in [0.3, 0.4) is 0 Å². The highest BCUT2D eigenvalue weighted by molar-refractivity contribution is 14.0. The van der Waals surface area contributed by atoms with Gasteiger partial charge in [0.25, 0.3) is 0 Å². The molecule has 0 aromatic heterocycles. The van der Waals surface area contributed by atoms with Gasteiger partial charge in [0.05, 0.1) is 17.0 Å². The second-order valence-electron chi connectivity index (χ2n) is 7.11. The molecule has 0 saturated heterocycles. The quantitative estimate of drug-likeness (QED) is 0.410. The number of sulfone groups is 1. The van der Waals surface area contributed by atoms with Crippen LogP contribution in [0.1, 0.15) is 38.8 Å². The summed E-state index contributed by atoms with van der Waals surface area (Å²) in [5, 5.41) is 3.29. The first-order valence-electron chi connectivity index (χ1n) is 8.57. The number of fused-ring (bicyclic) bond motifs is 1. The van der Waals surface area contributed by atoms with E-state index in [0.29, 0.717) is 6.54 Å². The van der Waals surface area contributed by atoms with Crippen LogP contribution in [-0.2, 0) is 22.8 Å². The molecule has 1 heterocycles. The SMILES string of the molecule is CCNC(=NCCS(=O)(=O)C(C)(C)C)N1CCc2ccccc2C1.I. The molecule has 0 saturated carbocycles. The summed E-state index contributed by atoms with van der Waals surface area (Å²) in [6, 6.07) is 8.45. The number of nitrogens with zero attached hydrogens (tertiary/aromatic N) is 2. The van der Waals surface area contributed by atoms with Crippen molar-refractivity contribution in [2.75, 3.05) is 25.4 Å². The van der Waals surface area contributed by atoms with Crippen molar-refractivity contribution in [2.24, 2.45) is 4.99 Å². The van der Waals surface area contributed by atoms with Gasteiger partial charge in [0.15, 0.2) is 15.8 Å². The van der Waals surface area contributed by atoms with Gasteiger partial charge in [-0.25, -0.2) is 8.42 Å². The summed E-state index contributed by atoms with van der Waals surface area (Å²) >= 11 is 0. The first-order valence-corrected chi connectivity index (χ1v) is 10.2. The van der Waals surface area contributed by atoms with Crippen molar-refractivity contribution in [1.82, 2.24) is 10.2 Å². The van der Waals surface area contributed by atoms with Crippen LogP contribution in [0.2, 0.25) is 0 Å². The van der Waals surface area contributed by atoms with Gasteiger partial charge in [0.2, 0.25) is 0 Å². The van der Waals surface area contributed by atoms with Crippen LogP contribution in [0.15, 0.2) is 29.3 Å². The first-order chi connectivity index (χ1) is 11.2. The molecule has 7 heteroatoms. The summed E-state index contributed by atoms with van der Waals surface area (Å²) in [6.07, 6.45) is 0.987. The summed E-state index contributed by atoms with van der Waals surface area (Å²) in [4.78, 5) is 6.76. The molecule has 0 fully saturated rings. The van der Waals surface area contributed by atoms with Crippen LogP contribution >= 0.6 is 24.0 Å². The Hall–Kier alpha value is -0.830. The number of nitrogens with one attached hydrogen (secondary N) is 1. The number of guanidine groups is 1. The molecule has 1 aromatic rings. The molecule has 1 aliphatic heterocycles. The minimum Gasteiger partial charge on any atom is -0.357 e. The summed E-state index contributed by atoms with van der Waals surface area (Å²) in [6.45, 7) is 10.0. The molecule has 25 heavy (non-hydrogen) atoms. The van der Waals surface area contributed by atoms with Crippen molar-refractivity contribution >= 4 is 39.8 Å². The zero-order chi connectivity index (χ0) is 17.8. The molecule has 142 valence electrons. The van der Waals surface area contributed by atoms with E-state index >= 15 is 0 Å². The van der Waals surface area contributed by atoms with Gasteiger partial charge in [-0.05, 0) is 45.2 Å². The predicted octanol–water partition coefficient (Wildman–Crippen LogP) is 2.84. The average molecular weight is 479 g/mol. The summed E-state index contributed by atoms with van der Waals surface area (Å²) in [5.74, 6) is 0.881. The minimum atomic E-state index is -3.14. The highest BCUT2D eigenvalue weighted by atomic mass is 127. The fourth-order valence-electron chi connectivity index (χ4n) is 2.68. The van der Waals surface area contributed by atoms with E-state index in [-0.39, 0.29) is 29.7 Å². The third-order valence-corrected chi connectivity index (χ3v) is 6.91. The number of rotatable bonds is 4. The van der Waals surface area contributed by atoms with E-state index < -0.39 is 14.6 Å². The van der Waals surface area contributed by atoms with Gasteiger partial charge in [0, 0.05) is 19.6 Å². The van der Waals surface area contributed by atoms with Crippen LogP contribution < -0.4 is 5.32 Å². The molecule has 5 nitrogen and oxygen atoms in total. The number of hydrogen-bond donors (Lipinski definition) is 1. The first kappa shape index (κ1) is 22.2. The van der Waals surface area contributed by atoms with Gasteiger partial charge >= 0.3 is 0 Å². The normalized spacial score (nSPS) is 15.4. The van der Waals surface area contributed by atoms with Gasteiger partial charge in [-0.15, -0.1) is 24.0 Å². The van der Waals surface area contributed by atoms with E-state index in [1.54, 1.807) is 20.8 Å². The molecule has 0 unspecified atom stereocenters. The van der Waals surface area contributed by atoms with E-state index in [1.165, 1.54) is 11.1 Å². The van der Waals surface area contributed by atoms with Gasteiger partial charge in [-0.3, -0.25) is 4.99 Å². The van der Waals surface area contributed by atoms with E-state index in [9.17, 15) is 8.42 Å². The molecule has 0 radical (unpaired) electrons. The Kier molecular flexibility index (Phi) is 8.18. The van der Waals surface area contributed by atoms with Crippen LogP contribution in [0, 0.1) is 0 Å². The van der Waals surface area contributed by atoms with Gasteiger partial charge in [0.1, 0.15) is 0 Å². The lowest BCUT2D eigenvalue weighted by atomic mass is 10.0. The maximum absolute atomic E-state index is 12.2. The lowest BCUT2D eigenvalue weighted by molar-refractivity contribution is 0.379. The highest BCUT2D eigenvalue weighted by Crippen LogP contribution is 2.19. The Morgan fingerprint density at radius 3 is 2.48 bits per heavy atom.